The minimum Gasteiger partial charge on any atom is -0.478 e. The first kappa shape index (κ1) is 15.7. The molecule has 114 valence electrons. The fourth-order valence-electron chi connectivity index (χ4n) is 2.06. The summed E-state index contributed by atoms with van der Waals surface area (Å²) in [6, 6.07) is 12.1. The van der Waals surface area contributed by atoms with Gasteiger partial charge < -0.3 is 10.0 Å². The molecule has 4 nitrogen and oxygen atoms in total. The number of hydrogen-bond acceptors (Lipinski definition) is 2. The Labute approximate surface area is 127 Å². The lowest BCUT2D eigenvalue weighted by Gasteiger charge is -2.17. The standard InChI is InChI=1S/C17H16FNO3/c1-19(10-9-12-5-7-15(18)8-6-12)16(20)13-3-2-4-14(11-13)17(21)22/h2-8,11H,9-10H2,1H3,(H,21,22). The molecule has 0 heterocycles. The van der Waals surface area contributed by atoms with E-state index in [1.807, 2.05) is 0 Å². The van der Waals surface area contributed by atoms with Gasteiger partial charge in [0.25, 0.3) is 5.91 Å². The summed E-state index contributed by atoms with van der Waals surface area (Å²) in [5.74, 6) is -1.60. The van der Waals surface area contributed by atoms with Gasteiger partial charge >= 0.3 is 5.97 Å². The Hall–Kier alpha value is -2.69. The van der Waals surface area contributed by atoms with Crippen LogP contribution >= 0.6 is 0 Å². The van der Waals surface area contributed by atoms with E-state index in [1.165, 1.54) is 29.2 Å². The number of likely N-dealkylation sites (N-methyl/N-ethyl adjacent to an activating group) is 1. The number of hydrogen-bond donors (Lipinski definition) is 1. The van der Waals surface area contributed by atoms with Crippen LogP contribution in [0.3, 0.4) is 0 Å². The number of rotatable bonds is 5. The minimum absolute atomic E-state index is 0.0813. The van der Waals surface area contributed by atoms with Gasteiger partial charge in [0.2, 0.25) is 0 Å². The normalized spacial score (nSPS) is 10.3. The minimum atomic E-state index is -1.07. The van der Waals surface area contributed by atoms with Gasteiger partial charge in [-0.3, -0.25) is 4.79 Å². The summed E-state index contributed by atoms with van der Waals surface area (Å²) < 4.78 is 12.8. The molecule has 0 bridgehead atoms. The molecule has 0 saturated carbocycles. The maximum absolute atomic E-state index is 12.8. The first-order valence-electron chi connectivity index (χ1n) is 6.80. The number of benzene rings is 2. The van der Waals surface area contributed by atoms with Crippen LogP contribution in [0.15, 0.2) is 48.5 Å². The Kier molecular flexibility index (Phi) is 4.88. The highest BCUT2D eigenvalue weighted by Crippen LogP contribution is 2.09. The topological polar surface area (TPSA) is 57.6 Å². The van der Waals surface area contributed by atoms with Gasteiger partial charge in [0.1, 0.15) is 5.82 Å². The Balaban J connectivity index is 2.01. The molecule has 1 amide bonds. The Morgan fingerprint density at radius 2 is 1.73 bits per heavy atom. The molecule has 0 radical (unpaired) electrons. The monoisotopic (exact) mass is 301 g/mol. The fourth-order valence-corrected chi connectivity index (χ4v) is 2.06. The zero-order valence-corrected chi connectivity index (χ0v) is 12.1. The number of carbonyl (C=O) groups excluding carboxylic acids is 1. The molecule has 0 aromatic heterocycles. The molecule has 0 spiro atoms. The molecule has 22 heavy (non-hydrogen) atoms. The van der Waals surface area contributed by atoms with Gasteiger partial charge in [-0.2, -0.15) is 0 Å². The van der Waals surface area contributed by atoms with Crippen LogP contribution in [0, 0.1) is 5.82 Å². The molecule has 0 fully saturated rings. The summed E-state index contributed by atoms with van der Waals surface area (Å²) in [5.41, 5.74) is 1.35. The van der Waals surface area contributed by atoms with Gasteiger partial charge in [-0.15, -0.1) is 0 Å². The maximum atomic E-state index is 12.8. The van der Waals surface area contributed by atoms with Gasteiger partial charge in [0.15, 0.2) is 0 Å². The van der Waals surface area contributed by atoms with Crippen molar-refractivity contribution in [2.24, 2.45) is 0 Å². The van der Waals surface area contributed by atoms with Crippen LogP contribution in [-0.2, 0) is 6.42 Å². The Morgan fingerprint density at radius 1 is 1.09 bits per heavy atom. The number of nitrogens with zero attached hydrogens (tertiary/aromatic N) is 1. The van der Waals surface area contributed by atoms with E-state index in [0.29, 0.717) is 18.5 Å². The predicted octanol–water partition coefficient (Wildman–Crippen LogP) is 2.84. The predicted molar refractivity (Wildman–Crippen MR) is 80.5 cm³/mol. The van der Waals surface area contributed by atoms with Crippen molar-refractivity contribution < 1.29 is 19.1 Å². The summed E-state index contributed by atoms with van der Waals surface area (Å²) in [6.45, 7) is 0.460. The van der Waals surface area contributed by atoms with Crippen LogP contribution in [0.25, 0.3) is 0 Å². The van der Waals surface area contributed by atoms with Gasteiger partial charge in [0, 0.05) is 19.2 Å². The number of carboxylic acids is 1. The molecule has 1 N–H and O–H groups in total. The van der Waals surface area contributed by atoms with E-state index in [1.54, 1.807) is 31.3 Å². The zero-order valence-electron chi connectivity index (χ0n) is 12.1. The molecule has 0 aliphatic carbocycles. The Bertz CT molecular complexity index is 683. The second-order valence-electron chi connectivity index (χ2n) is 4.99. The zero-order chi connectivity index (χ0) is 16.1. The molecule has 0 unspecified atom stereocenters. The summed E-state index contributed by atoms with van der Waals surface area (Å²) in [4.78, 5) is 24.7. The van der Waals surface area contributed by atoms with E-state index in [-0.39, 0.29) is 17.3 Å². The smallest absolute Gasteiger partial charge is 0.335 e. The average Bonchev–Trinajstić information content (AvgIpc) is 2.53. The van der Waals surface area contributed by atoms with E-state index in [9.17, 15) is 14.0 Å². The van der Waals surface area contributed by atoms with E-state index in [0.717, 1.165) is 5.56 Å². The number of carboxylic acid groups (broad SMARTS) is 1. The van der Waals surface area contributed by atoms with Crippen molar-refractivity contribution in [2.45, 2.75) is 6.42 Å². The van der Waals surface area contributed by atoms with E-state index in [4.69, 9.17) is 5.11 Å². The van der Waals surface area contributed by atoms with Crippen molar-refractivity contribution in [3.8, 4) is 0 Å². The third-order valence-corrected chi connectivity index (χ3v) is 3.35. The first-order chi connectivity index (χ1) is 10.5. The molecular formula is C17H16FNO3. The fraction of sp³-hybridized carbons (Fsp3) is 0.176. The molecular weight excluding hydrogens is 285 g/mol. The van der Waals surface area contributed by atoms with Crippen molar-refractivity contribution in [3.05, 3.63) is 71.0 Å². The molecule has 0 aliphatic heterocycles. The molecule has 0 saturated heterocycles. The molecule has 2 aromatic rings. The summed E-state index contributed by atoms with van der Waals surface area (Å²) in [7, 11) is 1.65. The van der Waals surface area contributed by atoms with Crippen molar-refractivity contribution in [1.29, 1.82) is 0 Å². The third-order valence-electron chi connectivity index (χ3n) is 3.35. The molecule has 0 aliphatic rings. The lowest BCUT2D eigenvalue weighted by atomic mass is 10.1. The largest absolute Gasteiger partial charge is 0.478 e. The highest BCUT2D eigenvalue weighted by molar-refractivity contribution is 5.97. The lowest BCUT2D eigenvalue weighted by Crippen LogP contribution is -2.29. The molecule has 5 heteroatoms. The highest BCUT2D eigenvalue weighted by atomic mass is 19.1. The average molecular weight is 301 g/mol. The summed E-state index contributed by atoms with van der Waals surface area (Å²) in [5, 5.41) is 8.95. The summed E-state index contributed by atoms with van der Waals surface area (Å²) in [6.07, 6.45) is 0.598. The van der Waals surface area contributed by atoms with Gasteiger partial charge in [-0.25, -0.2) is 9.18 Å². The second kappa shape index (κ2) is 6.85. The van der Waals surface area contributed by atoms with Crippen LogP contribution < -0.4 is 0 Å². The first-order valence-corrected chi connectivity index (χ1v) is 6.80. The number of amides is 1. The van der Waals surface area contributed by atoms with Gasteiger partial charge in [-0.1, -0.05) is 18.2 Å². The Morgan fingerprint density at radius 3 is 2.36 bits per heavy atom. The van der Waals surface area contributed by atoms with E-state index >= 15 is 0 Å². The maximum Gasteiger partial charge on any atom is 0.335 e. The second-order valence-corrected chi connectivity index (χ2v) is 4.99. The SMILES string of the molecule is CN(CCc1ccc(F)cc1)C(=O)c1cccc(C(=O)O)c1. The third kappa shape index (κ3) is 3.91. The van der Waals surface area contributed by atoms with E-state index < -0.39 is 5.97 Å². The van der Waals surface area contributed by atoms with Crippen molar-refractivity contribution in [1.82, 2.24) is 4.90 Å². The summed E-state index contributed by atoms with van der Waals surface area (Å²) >= 11 is 0. The van der Waals surface area contributed by atoms with E-state index in [2.05, 4.69) is 0 Å². The van der Waals surface area contributed by atoms with Gasteiger partial charge in [0.05, 0.1) is 5.56 Å². The molecule has 0 atom stereocenters. The quantitative estimate of drug-likeness (QED) is 0.924. The number of halogens is 1. The van der Waals surface area contributed by atoms with Crippen molar-refractivity contribution in [3.63, 3.8) is 0 Å². The highest BCUT2D eigenvalue weighted by Gasteiger charge is 2.13. The van der Waals surface area contributed by atoms with Crippen molar-refractivity contribution in [2.75, 3.05) is 13.6 Å². The van der Waals surface area contributed by atoms with Crippen LogP contribution in [0.2, 0.25) is 0 Å². The van der Waals surface area contributed by atoms with Gasteiger partial charge in [-0.05, 0) is 42.3 Å². The molecule has 2 rings (SSSR count). The van der Waals surface area contributed by atoms with Crippen LogP contribution in [0.1, 0.15) is 26.3 Å². The van der Waals surface area contributed by atoms with Crippen LogP contribution in [0.5, 0.6) is 0 Å². The number of carbonyl (C=O) groups is 2. The van der Waals surface area contributed by atoms with Crippen LogP contribution in [0.4, 0.5) is 4.39 Å². The molecule has 2 aromatic carbocycles. The van der Waals surface area contributed by atoms with Crippen molar-refractivity contribution >= 4 is 11.9 Å². The van der Waals surface area contributed by atoms with Crippen LogP contribution in [-0.4, -0.2) is 35.5 Å². The lowest BCUT2D eigenvalue weighted by molar-refractivity contribution is 0.0697. The number of aromatic carboxylic acids is 1.